The number of nitrogens with zero attached hydrogens (tertiary/aromatic N) is 3. The molecule has 0 saturated carbocycles. The van der Waals surface area contributed by atoms with Gasteiger partial charge in [0.25, 0.3) is 0 Å². The molecule has 0 aliphatic carbocycles. The minimum absolute atomic E-state index is 0.00999. The number of hydrogen-bond acceptors (Lipinski definition) is 9. The van der Waals surface area contributed by atoms with E-state index >= 15 is 0 Å². The van der Waals surface area contributed by atoms with E-state index in [-0.39, 0.29) is 17.7 Å². The van der Waals surface area contributed by atoms with E-state index in [2.05, 4.69) is 22.2 Å². The number of aromatic nitrogens is 3. The van der Waals surface area contributed by atoms with Crippen molar-refractivity contribution in [2.75, 3.05) is 44.6 Å². The lowest BCUT2D eigenvalue weighted by Gasteiger charge is -2.31. The number of ketones is 1. The van der Waals surface area contributed by atoms with Crippen molar-refractivity contribution in [2.24, 2.45) is 5.92 Å². The predicted octanol–water partition coefficient (Wildman–Crippen LogP) is 5.41. The number of pyridine rings is 1. The highest BCUT2D eigenvalue weighted by molar-refractivity contribution is 6.41. The van der Waals surface area contributed by atoms with E-state index in [1.165, 1.54) is 20.3 Å². The molecule has 3 aromatic rings. The van der Waals surface area contributed by atoms with E-state index in [4.69, 9.17) is 47.4 Å². The van der Waals surface area contributed by atoms with E-state index in [9.17, 15) is 4.79 Å². The van der Waals surface area contributed by atoms with Crippen LogP contribution >= 0.6 is 23.2 Å². The van der Waals surface area contributed by atoms with Gasteiger partial charge in [0.05, 0.1) is 42.6 Å². The molecule has 1 aliphatic rings. The Bertz CT molecular complexity index is 1290. The number of rotatable bonds is 10. The Labute approximate surface area is 225 Å². The highest BCUT2D eigenvalue weighted by Crippen LogP contribution is 2.46. The molecule has 0 unspecified atom stereocenters. The maximum atomic E-state index is 12.0. The Morgan fingerprint density at radius 2 is 1.95 bits per heavy atom. The quantitative estimate of drug-likeness (QED) is 0.323. The highest BCUT2D eigenvalue weighted by atomic mass is 35.5. The smallest absolute Gasteiger partial charge is 0.223 e. The van der Waals surface area contributed by atoms with Gasteiger partial charge < -0.3 is 24.8 Å². The van der Waals surface area contributed by atoms with Crippen LogP contribution in [-0.4, -0.2) is 60.8 Å². The molecule has 11 heteroatoms. The Balaban J connectivity index is 1.75. The summed E-state index contributed by atoms with van der Waals surface area (Å²) in [6, 6.07) is 3.35. The number of allylic oxidation sites excluding steroid dienone is 1. The van der Waals surface area contributed by atoms with Gasteiger partial charge in [0.2, 0.25) is 5.95 Å². The molecule has 2 N–H and O–H groups in total. The number of methoxy groups -OCH3 is 2. The summed E-state index contributed by atoms with van der Waals surface area (Å²) in [6.45, 7) is 7.24. The Hall–Kier alpha value is -3.14. The van der Waals surface area contributed by atoms with Crippen molar-refractivity contribution in [3.8, 4) is 22.8 Å². The second kappa shape index (κ2) is 11.9. The molecule has 1 aromatic carbocycles. The first kappa shape index (κ1) is 26.9. The summed E-state index contributed by atoms with van der Waals surface area (Å²) >= 11 is 13.3. The van der Waals surface area contributed by atoms with Crippen molar-refractivity contribution in [2.45, 2.75) is 25.8 Å². The molecule has 0 bridgehead atoms. The molecule has 1 fully saturated rings. The lowest BCUT2D eigenvalue weighted by molar-refractivity contribution is -0.116. The van der Waals surface area contributed by atoms with Crippen molar-refractivity contribution >= 4 is 51.7 Å². The van der Waals surface area contributed by atoms with Crippen molar-refractivity contribution < 1.29 is 19.0 Å². The van der Waals surface area contributed by atoms with E-state index < -0.39 is 0 Å². The predicted molar refractivity (Wildman–Crippen MR) is 146 cm³/mol. The fourth-order valence-electron chi connectivity index (χ4n) is 4.33. The van der Waals surface area contributed by atoms with Crippen LogP contribution in [-0.2, 0) is 9.53 Å². The fourth-order valence-corrected chi connectivity index (χ4v) is 5.03. The molecule has 1 aliphatic heterocycles. The summed E-state index contributed by atoms with van der Waals surface area (Å²) in [5, 5.41) is 8.00. The number of fused-ring (bicyclic) bond motifs is 1. The molecule has 0 spiro atoms. The van der Waals surface area contributed by atoms with E-state index in [1.54, 1.807) is 12.3 Å². The van der Waals surface area contributed by atoms with Gasteiger partial charge in [-0.05, 0) is 31.4 Å². The van der Waals surface area contributed by atoms with Crippen LogP contribution in [0.2, 0.25) is 10.0 Å². The van der Waals surface area contributed by atoms with E-state index in [0.717, 1.165) is 11.8 Å². The van der Waals surface area contributed by atoms with Crippen LogP contribution in [0.25, 0.3) is 22.2 Å². The second-order valence-electron chi connectivity index (χ2n) is 8.55. The zero-order valence-corrected chi connectivity index (χ0v) is 22.4. The van der Waals surface area contributed by atoms with Gasteiger partial charge in [-0.2, -0.15) is 0 Å². The summed E-state index contributed by atoms with van der Waals surface area (Å²) in [4.78, 5) is 26.0. The van der Waals surface area contributed by atoms with Gasteiger partial charge >= 0.3 is 0 Å². The zero-order chi connectivity index (χ0) is 26.5. The molecule has 2 atom stereocenters. The molecule has 2 aromatic heterocycles. The van der Waals surface area contributed by atoms with Crippen LogP contribution in [0.1, 0.15) is 19.8 Å². The van der Waals surface area contributed by atoms with Gasteiger partial charge in [-0.15, -0.1) is 0 Å². The maximum absolute atomic E-state index is 12.0. The highest BCUT2D eigenvalue weighted by Gasteiger charge is 2.28. The Kier molecular flexibility index (Phi) is 8.68. The minimum atomic E-state index is -0.105. The van der Waals surface area contributed by atoms with Gasteiger partial charge in [-0.1, -0.05) is 29.8 Å². The Morgan fingerprint density at radius 3 is 2.59 bits per heavy atom. The molecule has 0 radical (unpaired) electrons. The van der Waals surface area contributed by atoms with Crippen LogP contribution in [0.4, 0.5) is 11.8 Å². The second-order valence-corrected chi connectivity index (χ2v) is 9.31. The number of carbonyl (C=O) groups is 1. The average Bonchev–Trinajstić information content (AvgIpc) is 2.90. The van der Waals surface area contributed by atoms with E-state index in [0.29, 0.717) is 76.3 Å². The third-order valence-electron chi connectivity index (χ3n) is 6.24. The third kappa shape index (κ3) is 5.74. The summed E-state index contributed by atoms with van der Waals surface area (Å²) in [5.74, 6) is 1.91. The molecule has 196 valence electrons. The molecule has 0 amide bonds. The van der Waals surface area contributed by atoms with Crippen LogP contribution in [0, 0.1) is 5.92 Å². The number of hydrogen-bond donors (Lipinski definition) is 2. The summed E-state index contributed by atoms with van der Waals surface area (Å²) in [5.41, 5.74) is 1.63. The van der Waals surface area contributed by atoms with Crippen LogP contribution < -0.4 is 20.1 Å². The number of anilines is 2. The van der Waals surface area contributed by atoms with Gasteiger partial charge in [-0.3, -0.25) is 4.79 Å². The summed E-state index contributed by atoms with van der Waals surface area (Å²) in [6.07, 6.45) is 4.24. The lowest BCUT2D eigenvalue weighted by atomic mass is 9.90. The molecule has 9 nitrogen and oxygen atoms in total. The van der Waals surface area contributed by atoms with Crippen molar-refractivity contribution in [1.29, 1.82) is 0 Å². The molecule has 3 heterocycles. The standard InChI is InChI=1S/C26H29Cl2N5O4/c1-5-16(34)9-14-7-8-37-13-18(14)32-26-30-12-15-10-17(31-25(29-6-2)24(15)33-26)21-22(27)19(35-3)11-20(36-4)23(21)28/h5,10-12,14,18H,1,6-9,13H2,2-4H3,(H,29,31)(H,30,32,33)/t14-,18-/m1/s1. The largest absolute Gasteiger partial charge is 0.495 e. The normalized spacial score (nSPS) is 17.3. The monoisotopic (exact) mass is 545 g/mol. The molecule has 37 heavy (non-hydrogen) atoms. The zero-order valence-electron chi connectivity index (χ0n) is 20.9. The maximum Gasteiger partial charge on any atom is 0.223 e. The lowest BCUT2D eigenvalue weighted by Crippen LogP contribution is -2.40. The van der Waals surface area contributed by atoms with Crippen LogP contribution in [0.15, 0.2) is 31.0 Å². The summed E-state index contributed by atoms with van der Waals surface area (Å²) in [7, 11) is 3.04. The molecule has 4 rings (SSSR count). The SMILES string of the molecule is C=CC(=O)C[C@H]1CCOC[C@H]1Nc1ncc2cc(-c3c(Cl)c(OC)cc(OC)c3Cl)nc(NCC)c2n1. The average molecular weight is 546 g/mol. The van der Waals surface area contributed by atoms with Gasteiger partial charge in [0.15, 0.2) is 11.6 Å². The van der Waals surface area contributed by atoms with Crippen molar-refractivity contribution in [1.82, 2.24) is 15.0 Å². The van der Waals surface area contributed by atoms with Crippen molar-refractivity contribution in [3.63, 3.8) is 0 Å². The van der Waals surface area contributed by atoms with Gasteiger partial charge in [0.1, 0.15) is 17.0 Å². The van der Waals surface area contributed by atoms with Gasteiger partial charge in [-0.25, -0.2) is 15.0 Å². The van der Waals surface area contributed by atoms with Crippen LogP contribution in [0.3, 0.4) is 0 Å². The number of carbonyl (C=O) groups excluding carboxylic acids is 1. The topological polar surface area (TPSA) is 107 Å². The Morgan fingerprint density at radius 1 is 1.22 bits per heavy atom. The number of nitrogens with one attached hydrogen (secondary N) is 2. The summed E-state index contributed by atoms with van der Waals surface area (Å²) < 4.78 is 16.5. The fraction of sp³-hybridized carbons (Fsp3) is 0.385. The first-order valence-electron chi connectivity index (χ1n) is 11.9. The number of benzene rings is 1. The number of halogens is 2. The van der Waals surface area contributed by atoms with Crippen LogP contribution in [0.5, 0.6) is 11.5 Å². The van der Waals surface area contributed by atoms with E-state index in [1.807, 2.05) is 13.0 Å². The first-order chi connectivity index (χ1) is 17.9. The molecular weight excluding hydrogens is 517 g/mol. The number of ether oxygens (including phenoxy) is 3. The van der Waals surface area contributed by atoms with Crippen molar-refractivity contribution in [3.05, 3.63) is 41.0 Å². The minimum Gasteiger partial charge on any atom is -0.495 e. The molecule has 1 saturated heterocycles. The third-order valence-corrected chi connectivity index (χ3v) is 7.00. The van der Waals surface area contributed by atoms with Gasteiger partial charge in [0, 0.05) is 42.8 Å². The first-order valence-corrected chi connectivity index (χ1v) is 12.7. The molecular formula is C26H29Cl2N5O4.